The van der Waals surface area contributed by atoms with E-state index in [9.17, 15) is 9.90 Å². The van der Waals surface area contributed by atoms with Crippen LogP contribution in [0.15, 0.2) is 71.2 Å². The zero-order valence-electron chi connectivity index (χ0n) is 16.9. The Hall–Kier alpha value is -2.59. The van der Waals surface area contributed by atoms with Crippen LogP contribution in [-0.4, -0.2) is 17.6 Å². The number of carbonyl (C=O) groups is 1. The number of carboxylic acid groups (broad SMARTS) is 1. The number of anilines is 1. The summed E-state index contributed by atoms with van der Waals surface area (Å²) in [5, 5.41) is 9.29. The quantitative estimate of drug-likeness (QED) is 0.438. The van der Waals surface area contributed by atoms with Gasteiger partial charge >= 0.3 is 5.97 Å². The van der Waals surface area contributed by atoms with Crippen LogP contribution in [0.25, 0.3) is 0 Å². The molecule has 0 radical (unpaired) electrons. The van der Waals surface area contributed by atoms with Crippen molar-refractivity contribution in [1.82, 2.24) is 0 Å². The molecule has 150 valence electrons. The van der Waals surface area contributed by atoms with Crippen LogP contribution in [0, 0.1) is 6.92 Å². The predicted octanol–water partition coefficient (Wildman–Crippen LogP) is 6.27. The largest absolute Gasteiger partial charge is 0.478 e. The van der Waals surface area contributed by atoms with Crippen molar-refractivity contribution in [2.45, 2.75) is 33.2 Å². The Kier molecular flexibility index (Phi) is 7.10. The maximum absolute atomic E-state index is 11.3. The minimum Gasteiger partial charge on any atom is -0.478 e. The average Bonchev–Trinajstić information content (AvgIpc) is 2.71. The molecular weight excluding hydrogens is 426 g/mol. The first-order chi connectivity index (χ1) is 14.0. The molecule has 4 heteroatoms. The van der Waals surface area contributed by atoms with Gasteiger partial charge in [0.15, 0.2) is 0 Å². The number of benzene rings is 3. The number of hydrogen-bond donors (Lipinski definition) is 1. The van der Waals surface area contributed by atoms with Crippen LogP contribution in [0.2, 0.25) is 0 Å². The monoisotopic (exact) mass is 451 g/mol. The van der Waals surface area contributed by atoms with Gasteiger partial charge in [-0.05, 0) is 79.3 Å². The lowest BCUT2D eigenvalue weighted by molar-refractivity contribution is 0.0696. The summed E-state index contributed by atoms with van der Waals surface area (Å²) in [7, 11) is 0. The molecule has 0 bridgehead atoms. The van der Waals surface area contributed by atoms with Crippen molar-refractivity contribution in [2.24, 2.45) is 0 Å². The van der Waals surface area contributed by atoms with Gasteiger partial charge in [-0.2, -0.15) is 0 Å². The van der Waals surface area contributed by atoms with E-state index in [4.69, 9.17) is 0 Å². The molecule has 0 atom stereocenters. The number of rotatable bonds is 8. The standard InChI is InChI=1S/C25H26BrNO2/c1-3-27(23-13-14-24(25(28)29)18(2)15-23)17-21-16-22(26)12-11-20(21)10-9-19-7-5-4-6-8-19/h4-8,11-16H,3,9-10,17H2,1-2H3,(H,28,29). The molecule has 0 amide bonds. The first-order valence-electron chi connectivity index (χ1n) is 9.88. The van der Waals surface area contributed by atoms with Crippen molar-refractivity contribution in [3.63, 3.8) is 0 Å². The molecule has 0 saturated carbocycles. The van der Waals surface area contributed by atoms with Crippen molar-refractivity contribution in [1.29, 1.82) is 0 Å². The molecule has 0 heterocycles. The maximum Gasteiger partial charge on any atom is 0.335 e. The Balaban J connectivity index is 1.82. The molecule has 29 heavy (non-hydrogen) atoms. The summed E-state index contributed by atoms with van der Waals surface area (Å²) in [6.07, 6.45) is 2.00. The maximum atomic E-state index is 11.3. The molecule has 0 aliphatic rings. The van der Waals surface area contributed by atoms with E-state index >= 15 is 0 Å². The first kappa shape index (κ1) is 21.1. The lowest BCUT2D eigenvalue weighted by atomic mass is 9.99. The van der Waals surface area contributed by atoms with Crippen LogP contribution < -0.4 is 4.90 Å². The van der Waals surface area contributed by atoms with Gasteiger partial charge < -0.3 is 10.0 Å². The predicted molar refractivity (Wildman–Crippen MR) is 123 cm³/mol. The number of nitrogens with zero attached hydrogens (tertiary/aromatic N) is 1. The molecule has 1 N–H and O–H groups in total. The highest BCUT2D eigenvalue weighted by molar-refractivity contribution is 9.10. The van der Waals surface area contributed by atoms with E-state index in [2.05, 4.69) is 70.2 Å². The Morgan fingerprint density at radius 3 is 2.38 bits per heavy atom. The van der Waals surface area contributed by atoms with Gasteiger partial charge in [0.2, 0.25) is 0 Å². The Morgan fingerprint density at radius 2 is 1.72 bits per heavy atom. The number of aryl methyl sites for hydroxylation is 3. The molecule has 0 fully saturated rings. The topological polar surface area (TPSA) is 40.5 Å². The Bertz CT molecular complexity index is 985. The second-order valence-corrected chi connectivity index (χ2v) is 8.13. The molecule has 3 nitrogen and oxygen atoms in total. The van der Waals surface area contributed by atoms with Gasteiger partial charge in [-0.15, -0.1) is 0 Å². The fraction of sp³-hybridized carbons (Fsp3) is 0.240. The van der Waals surface area contributed by atoms with E-state index in [1.54, 1.807) is 6.07 Å². The molecule has 3 aromatic rings. The van der Waals surface area contributed by atoms with E-state index in [1.807, 2.05) is 25.1 Å². The Morgan fingerprint density at radius 1 is 0.966 bits per heavy atom. The van der Waals surface area contributed by atoms with Gasteiger partial charge in [-0.25, -0.2) is 4.79 Å². The van der Waals surface area contributed by atoms with E-state index in [1.165, 1.54) is 16.7 Å². The van der Waals surface area contributed by atoms with Gasteiger partial charge in [0.25, 0.3) is 0 Å². The minimum atomic E-state index is -0.882. The summed E-state index contributed by atoms with van der Waals surface area (Å²) in [5.74, 6) is -0.882. The summed E-state index contributed by atoms with van der Waals surface area (Å²) >= 11 is 3.61. The normalized spacial score (nSPS) is 10.7. The second-order valence-electron chi connectivity index (χ2n) is 7.22. The van der Waals surface area contributed by atoms with Crippen molar-refractivity contribution in [2.75, 3.05) is 11.4 Å². The highest BCUT2D eigenvalue weighted by Gasteiger charge is 2.13. The summed E-state index contributed by atoms with van der Waals surface area (Å²) < 4.78 is 1.07. The van der Waals surface area contributed by atoms with Crippen LogP contribution in [0.4, 0.5) is 5.69 Å². The van der Waals surface area contributed by atoms with Crippen LogP contribution in [-0.2, 0) is 19.4 Å². The summed E-state index contributed by atoms with van der Waals surface area (Å²) in [5.41, 5.74) is 6.16. The highest BCUT2D eigenvalue weighted by atomic mass is 79.9. The molecule has 0 aliphatic heterocycles. The summed E-state index contributed by atoms with van der Waals surface area (Å²) in [4.78, 5) is 13.6. The molecule has 3 rings (SSSR count). The molecule has 0 aliphatic carbocycles. The number of carboxylic acids is 1. The van der Waals surface area contributed by atoms with Crippen molar-refractivity contribution in [3.8, 4) is 0 Å². The van der Waals surface area contributed by atoms with E-state index in [0.29, 0.717) is 5.56 Å². The Labute approximate surface area is 181 Å². The van der Waals surface area contributed by atoms with Crippen molar-refractivity contribution >= 4 is 27.6 Å². The lowest BCUT2D eigenvalue weighted by Crippen LogP contribution is -2.23. The fourth-order valence-corrected chi connectivity index (χ4v) is 3.99. The SMILES string of the molecule is CCN(Cc1cc(Br)ccc1CCc1ccccc1)c1ccc(C(=O)O)c(C)c1. The number of halogens is 1. The van der Waals surface area contributed by atoms with Crippen LogP contribution in [0.3, 0.4) is 0 Å². The van der Waals surface area contributed by atoms with Crippen molar-refractivity contribution < 1.29 is 9.90 Å². The van der Waals surface area contributed by atoms with E-state index < -0.39 is 5.97 Å². The molecule has 0 aromatic heterocycles. The molecule has 0 saturated heterocycles. The third kappa shape index (κ3) is 5.48. The van der Waals surface area contributed by atoms with Gasteiger partial charge in [0.05, 0.1) is 5.56 Å². The summed E-state index contributed by atoms with van der Waals surface area (Å²) in [6.45, 7) is 5.61. The minimum absolute atomic E-state index is 0.357. The highest BCUT2D eigenvalue weighted by Crippen LogP contribution is 2.25. The molecular formula is C25H26BrNO2. The zero-order chi connectivity index (χ0) is 20.8. The van der Waals surface area contributed by atoms with E-state index in [-0.39, 0.29) is 0 Å². The van der Waals surface area contributed by atoms with Crippen LogP contribution in [0.5, 0.6) is 0 Å². The second kappa shape index (κ2) is 9.75. The number of hydrogen-bond acceptors (Lipinski definition) is 2. The molecule has 0 unspecified atom stereocenters. The van der Waals surface area contributed by atoms with Gasteiger partial charge in [0.1, 0.15) is 0 Å². The molecule has 0 spiro atoms. The van der Waals surface area contributed by atoms with E-state index in [0.717, 1.165) is 41.7 Å². The number of aromatic carboxylic acids is 1. The average molecular weight is 452 g/mol. The van der Waals surface area contributed by atoms with Gasteiger partial charge in [-0.3, -0.25) is 0 Å². The lowest BCUT2D eigenvalue weighted by Gasteiger charge is -2.25. The van der Waals surface area contributed by atoms with Gasteiger partial charge in [0, 0.05) is 23.2 Å². The third-order valence-electron chi connectivity index (χ3n) is 5.24. The smallest absolute Gasteiger partial charge is 0.335 e. The zero-order valence-corrected chi connectivity index (χ0v) is 18.4. The first-order valence-corrected chi connectivity index (χ1v) is 10.7. The van der Waals surface area contributed by atoms with Crippen LogP contribution >= 0.6 is 15.9 Å². The van der Waals surface area contributed by atoms with Crippen LogP contribution in [0.1, 0.15) is 39.5 Å². The third-order valence-corrected chi connectivity index (χ3v) is 5.74. The summed E-state index contributed by atoms with van der Waals surface area (Å²) in [6, 6.07) is 22.6. The van der Waals surface area contributed by atoms with Crippen molar-refractivity contribution in [3.05, 3.63) is 99.0 Å². The fourth-order valence-electron chi connectivity index (χ4n) is 3.59. The molecule has 3 aromatic carbocycles. The van der Waals surface area contributed by atoms with Gasteiger partial charge in [-0.1, -0.05) is 52.3 Å².